The smallest absolute Gasteiger partial charge is 0.267 e. The van der Waals surface area contributed by atoms with Gasteiger partial charge in [0, 0.05) is 13.1 Å². The SMILES string of the molecule is CCc1nnsc1C(=O)N(C)C1CCCCC1C. The predicted molar refractivity (Wildman–Crippen MR) is 72.8 cm³/mol. The zero-order chi connectivity index (χ0) is 13.1. The van der Waals surface area contributed by atoms with Gasteiger partial charge in [-0.2, -0.15) is 0 Å². The van der Waals surface area contributed by atoms with Gasteiger partial charge in [0.25, 0.3) is 5.91 Å². The highest BCUT2D eigenvalue weighted by Gasteiger charge is 2.30. The maximum Gasteiger partial charge on any atom is 0.267 e. The molecular weight excluding hydrogens is 246 g/mol. The Balaban J connectivity index is 2.13. The van der Waals surface area contributed by atoms with Crippen LogP contribution < -0.4 is 0 Å². The first-order valence-corrected chi connectivity index (χ1v) is 7.50. The normalized spacial score (nSPS) is 23.9. The van der Waals surface area contributed by atoms with Gasteiger partial charge in [0.1, 0.15) is 4.88 Å². The van der Waals surface area contributed by atoms with Crippen molar-refractivity contribution in [2.24, 2.45) is 5.92 Å². The minimum Gasteiger partial charge on any atom is -0.338 e. The molecule has 0 saturated heterocycles. The molecule has 0 bridgehead atoms. The standard InChI is InChI=1S/C13H21N3OS/c1-4-10-12(18-15-14-10)13(17)16(3)11-8-6-5-7-9(11)2/h9,11H,4-8H2,1-3H3. The molecule has 1 aliphatic carbocycles. The van der Waals surface area contributed by atoms with Crippen LogP contribution in [0.2, 0.25) is 0 Å². The summed E-state index contributed by atoms with van der Waals surface area (Å²) < 4.78 is 3.90. The summed E-state index contributed by atoms with van der Waals surface area (Å²) in [6, 6.07) is 0.373. The third kappa shape index (κ3) is 2.55. The quantitative estimate of drug-likeness (QED) is 0.846. The fourth-order valence-electron chi connectivity index (χ4n) is 2.79. The number of amides is 1. The minimum absolute atomic E-state index is 0.0978. The first-order chi connectivity index (χ1) is 8.65. The van der Waals surface area contributed by atoms with Crippen molar-refractivity contribution in [2.45, 2.75) is 52.0 Å². The van der Waals surface area contributed by atoms with Crippen molar-refractivity contribution in [3.63, 3.8) is 0 Å². The van der Waals surface area contributed by atoms with Gasteiger partial charge in [0.05, 0.1) is 5.69 Å². The van der Waals surface area contributed by atoms with Crippen LogP contribution in [0.4, 0.5) is 0 Å². The van der Waals surface area contributed by atoms with Crippen molar-refractivity contribution >= 4 is 17.4 Å². The Kier molecular flexibility index (Phi) is 4.32. The Labute approximate surface area is 113 Å². The van der Waals surface area contributed by atoms with Gasteiger partial charge in [0.2, 0.25) is 0 Å². The summed E-state index contributed by atoms with van der Waals surface area (Å²) in [4.78, 5) is 15.1. The van der Waals surface area contributed by atoms with E-state index < -0.39 is 0 Å². The third-order valence-electron chi connectivity index (χ3n) is 3.97. The molecule has 0 radical (unpaired) electrons. The van der Waals surface area contributed by atoms with Crippen molar-refractivity contribution in [1.29, 1.82) is 0 Å². The van der Waals surface area contributed by atoms with Crippen molar-refractivity contribution in [3.8, 4) is 0 Å². The van der Waals surface area contributed by atoms with Gasteiger partial charge < -0.3 is 4.90 Å². The van der Waals surface area contributed by atoms with Gasteiger partial charge in [-0.15, -0.1) is 5.10 Å². The van der Waals surface area contributed by atoms with E-state index in [9.17, 15) is 4.79 Å². The van der Waals surface area contributed by atoms with Crippen LogP contribution in [0.25, 0.3) is 0 Å². The predicted octanol–water partition coefficient (Wildman–Crippen LogP) is 2.75. The summed E-state index contributed by atoms with van der Waals surface area (Å²) >= 11 is 1.22. The Hall–Kier alpha value is -0.970. The van der Waals surface area contributed by atoms with Gasteiger partial charge in [-0.3, -0.25) is 4.79 Å². The Morgan fingerprint density at radius 1 is 1.44 bits per heavy atom. The molecule has 1 fully saturated rings. The Bertz CT molecular complexity index is 418. The summed E-state index contributed by atoms with van der Waals surface area (Å²) in [5, 5.41) is 4.02. The summed E-state index contributed by atoms with van der Waals surface area (Å²) in [5.74, 6) is 0.694. The molecule has 1 saturated carbocycles. The fraction of sp³-hybridized carbons (Fsp3) is 0.769. The van der Waals surface area contributed by atoms with E-state index in [1.54, 1.807) is 0 Å². The molecule has 0 spiro atoms. The second-order valence-corrected chi connectivity index (χ2v) is 5.90. The maximum absolute atomic E-state index is 12.5. The molecule has 1 aromatic heterocycles. The van der Waals surface area contributed by atoms with E-state index in [4.69, 9.17) is 0 Å². The van der Waals surface area contributed by atoms with Crippen molar-refractivity contribution in [1.82, 2.24) is 14.5 Å². The van der Waals surface area contributed by atoms with E-state index in [0.717, 1.165) is 23.4 Å². The molecule has 18 heavy (non-hydrogen) atoms. The van der Waals surface area contributed by atoms with Gasteiger partial charge in [0.15, 0.2) is 0 Å². The van der Waals surface area contributed by atoms with Gasteiger partial charge >= 0.3 is 0 Å². The molecule has 2 atom stereocenters. The van der Waals surface area contributed by atoms with Crippen LogP contribution in [0.15, 0.2) is 0 Å². The number of carbonyl (C=O) groups is 1. The number of hydrogen-bond acceptors (Lipinski definition) is 4. The van der Waals surface area contributed by atoms with Gasteiger partial charge in [-0.25, -0.2) is 0 Å². The zero-order valence-corrected chi connectivity index (χ0v) is 12.2. The zero-order valence-electron chi connectivity index (χ0n) is 11.3. The van der Waals surface area contributed by atoms with Crippen LogP contribution in [0.3, 0.4) is 0 Å². The molecule has 0 N–H and O–H groups in total. The number of carbonyl (C=O) groups excluding carboxylic acids is 1. The molecule has 100 valence electrons. The molecule has 5 heteroatoms. The van der Waals surface area contributed by atoms with Crippen LogP contribution in [-0.2, 0) is 6.42 Å². The Morgan fingerprint density at radius 2 is 2.17 bits per heavy atom. The van der Waals surface area contributed by atoms with E-state index >= 15 is 0 Å². The van der Waals surface area contributed by atoms with Crippen LogP contribution in [0.5, 0.6) is 0 Å². The molecule has 1 heterocycles. The molecule has 0 aliphatic heterocycles. The maximum atomic E-state index is 12.5. The molecule has 4 nitrogen and oxygen atoms in total. The number of aryl methyl sites for hydroxylation is 1. The molecule has 1 aliphatic rings. The fourth-order valence-corrected chi connectivity index (χ4v) is 3.52. The van der Waals surface area contributed by atoms with E-state index in [-0.39, 0.29) is 5.91 Å². The average Bonchev–Trinajstić information content (AvgIpc) is 2.86. The molecule has 2 unspecified atom stereocenters. The molecular formula is C13H21N3OS. The minimum atomic E-state index is 0.0978. The monoisotopic (exact) mass is 267 g/mol. The van der Waals surface area contributed by atoms with Crippen LogP contribution >= 0.6 is 11.5 Å². The largest absolute Gasteiger partial charge is 0.338 e. The highest BCUT2D eigenvalue weighted by Crippen LogP contribution is 2.28. The van der Waals surface area contributed by atoms with E-state index in [1.165, 1.54) is 30.8 Å². The molecule has 0 aromatic carbocycles. The lowest BCUT2D eigenvalue weighted by Gasteiger charge is -2.36. The second kappa shape index (κ2) is 5.78. The summed E-state index contributed by atoms with van der Waals surface area (Å²) in [6.07, 6.45) is 5.64. The molecule has 2 rings (SSSR count). The lowest BCUT2D eigenvalue weighted by Crippen LogP contribution is -2.42. The van der Waals surface area contributed by atoms with Gasteiger partial charge in [-0.05, 0) is 36.7 Å². The van der Waals surface area contributed by atoms with Crippen LogP contribution in [-0.4, -0.2) is 33.5 Å². The molecule has 1 amide bonds. The first-order valence-electron chi connectivity index (χ1n) is 6.73. The topological polar surface area (TPSA) is 46.1 Å². The van der Waals surface area contributed by atoms with Crippen molar-refractivity contribution < 1.29 is 4.79 Å². The average molecular weight is 267 g/mol. The molecule has 1 aromatic rings. The second-order valence-electron chi connectivity index (χ2n) is 5.15. The summed E-state index contributed by atoms with van der Waals surface area (Å²) in [7, 11) is 1.92. The number of hydrogen-bond donors (Lipinski definition) is 0. The lowest BCUT2D eigenvalue weighted by molar-refractivity contribution is 0.0632. The summed E-state index contributed by atoms with van der Waals surface area (Å²) in [5.41, 5.74) is 0.834. The third-order valence-corrected chi connectivity index (χ3v) is 4.73. The van der Waals surface area contributed by atoms with Crippen LogP contribution in [0, 0.1) is 5.92 Å². The van der Waals surface area contributed by atoms with E-state index in [2.05, 4.69) is 16.5 Å². The number of aromatic nitrogens is 2. The van der Waals surface area contributed by atoms with Gasteiger partial charge in [-0.1, -0.05) is 31.2 Å². The van der Waals surface area contributed by atoms with E-state index in [1.807, 2.05) is 18.9 Å². The van der Waals surface area contributed by atoms with Crippen molar-refractivity contribution in [3.05, 3.63) is 10.6 Å². The van der Waals surface area contributed by atoms with Crippen LogP contribution in [0.1, 0.15) is 54.9 Å². The Morgan fingerprint density at radius 3 is 2.83 bits per heavy atom. The highest BCUT2D eigenvalue weighted by molar-refractivity contribution is 7.08. The lowest BCUT2D eigenvalue weighted by atomic mass is 9.85. The number of rotatable bonds is 3. The van der Waals surface area contributed by atoms with Crippen molar-refractivity contribution in [2.75, 3.05) is 7.05 Å². The first kappa shape index (κ1) is 13.5. The highest BCUT2D eigenvalue weighted by atomic mass is 32.1. The number of nitrogens with zero attached hydrogens (tertiary/aromatic N) is 3. The summed E-state index contributed by atoms with van der Waals surface area (Å²) in [6.45, 7) is 4.26. The van der Waals surface area contributed by atoms with E-state index in [0.29, 0.717) is 12.0 Å².